The molecule has 92 valence electrons. The van der Waals surface area contributed by atoms with Crippen LogP contribution in [0.4, 0.5) is 5.69 Å². The molecule has 0 spiro atoms. The van der Waals surface area contributed by atoms with Crippen molar-refractivity contribution in [2.75, 3.05) is 31.1 Å². The van der Waals surface area contributed by atoms with Crippen molar-refractivity contribution < 1.29 is 0 Å². The first-order chi connectivity index (χ1) is 8.33. The van der Waals surface area contributed by atoms with Crippen LogP contribution in [-0.4, -0.2) is 30.3 Å². The smallest absolute Gasteiger partial charge is 0.0317 e. The van der Waals surface area contributed by atoms with Crippen LogP contribution in [0.25, 0.3) is 0 Å². The minimum absolute atomic E-state index is 0.691. The summed E-state index contributed by atoms with van der Waals surface area (Å²) in [5.74, 6) is 1.92. The van der Waals surface area contributed by atoms with Crippen LogP contribution in [0.15, 0.2) is 23.1 Å². The number of likely N-dealkylation sites (tertiary alicyclic amines) is 1. The molecule has 1 saturated heterocycles. The molecule has 2 aliphatic rings. The lowest BCUT2D eigenvalue weighted by atomic mass is 9.99. The molecule has 0 aliphatic carbocycles. The summed E-state index contributed by atoms with van der Waals surface area (Å²) in [6, 6.07) is 6.39. The zero-order valence-electron chi connectivity index (χ0n) is 10.2. The molecular formula is C14H20N2S. The van der Waals surface area contributed by atoms with Crippen molar-refractivity contribution in [1.82, 2.24) is 4.90 Å². The van der Waals surface area contributed by atoms with Crippen LogP contribution in [0.5, 0.6) is 0 Å². The van der Waals surface area contributed by atoms with Gasteiger partial charge in [0.1, 0.15) is 0 Å². The summed E-state index contributed by atoms with van der Waals surface area (Å²) in [7, 11) is 0. The molecule has 1 aromatic rings. The molecule has 0 bridgehead atoms. The molecular weight excluding hydrogens is 228 g/mol. The zero-order chi connectivity index (χ0) is 11.7. The number of anilines is 1. The lowest BCUT2D eigenvalue weighted by molar-refractivity contribution is 0.220. The molecule has 2 aliphatic heterocycles. The number of nitrogens with zero attached hydrogens (tertiary/aromatic N) is 1. The SMILES string of the molecule is Nc1ccc2c(c1)C(CN1CCCCC1)CS2. The van der Waals surface area contributed by atoms with E-state index in [0.717, 1.165) is 5.69 Å². The summed E-state index contributed by atoms with van der Waals surface area (Å²) in [6.07, 6.45) is 4.17. The third kappa shape index (κ3) is 2.45. The van der Waals surface area contributed by atoms with E-state index < -0.39 is 0 Å². The van der Waals surface area contributed by atoms with Crippen molar-refractivity contribution in [3.05, 3.63) is 23.8 Å². The fourth-order valence-corrected chi connectivity index (χ4v) is 4.12. The number of hydrogen-bond donors (Lipinski definition) is 1. The first kappa shape index (κ1) is 11.4. The standard InChI is InChI=1S/C14H20N2S/c15-12-4-5-14-13(8-12)11(10-17-14)9-16-6-2-1-3-7-16/h4-5,8,11H,1-3,6-7,9-10,15H2. The Morgan fingerprint density at radius 2 is 2.06 bits per heavy atom. The predicted molar refractivity (Wildman–Crippen MR) is 74.6 cm³/mol. The van der Waals surface area contributed by atoms with Gasteiger partial charge in [-0.05, 0) is 49.7 Å². The highest BCUT2D eigenvalue weighted by molar-refractivity contribution is 7.99. The molecule has 0 amide bonds. The highest BCUT2D eigenvalue weighted by Crippen LogP contribution is 2.40. The maximum absolute atomic E-state index is 5.90. The Bertz CT molecular complexity index is 399. The third-order valence-electron chi connectivity index (χ3n) is 3.84. The van der Waals surface area contributed by atoms with E-state index in [1.165, 1.54) is 55.1 Å². The van der Waals surface area contributed by atoms with E-state index in [2.05, 4.69) is 17.0 Å². The Balaban J connectivity index is 1.72. The molecule has 2 nitrogen and oxygen atoms in total. The quantitative estimate of drug-likeness (QED) is 0.816. The number of thioether (sulfide) groups is 1. The fraction of sp³-hybridized carbons (Fsp3) is 0.571. The second-order valence-corrected chi connectivity index (χ2v) is 6.23. The van der Waals surface area contributed by atoms with Crippen molar-refractivity contribution in [3.8, 4) is 0 Å². The van der Waals surface area contributed by atoms with E-state index in [0.29, 0.717) is 5.92 Å². The summed E-state index contributed by atoms with van der Waals surface area (Å²) in [4.78, 5) is 4.08. The molecule has 1 fully saturated rings. The molecule has 0 saturated carbocycles. The van der Waals surface area contributed by atoms with E-state index in [1.807, 2.05) is 17.8 Å². The fourth-order valence-electron chi connectivity index (χ4n) is 2.90. The van der Waals surface area contributed by atoms with Gasteiger partial charge in [-0.2, -0.15) is 0 Å². The van der Waals surface area contributed by atoms with Gasteiger partial charge in [0.2, 0.25) is 0 Å². The van der Waals surface area contributed by atoms with Crippen molar-refractivity contribution in [2.45, 2.75) is 30.1 Å². The highest BCUT2D eigenvalue weighted by atomic mass is 32.2. The van der Waals surface area contributed by atoms with Crippen molar-refractivity contribution in [2.24, 2.45) is 0 Å². The maximum Gasteiger partial charge on any atom is 0.0317 e. The Morgan fingerprint density at radius 1 is 1.24 bits per heavy atom. The second-order valence-electron chi connectivity index (χ2n) is 5.17. The monoisotopic (exact) mass is 248 g/mol. The summed E-state index contributed by atoms with van der Waals surface area (Å²) in [5.41, 5.74) is 8.30. The van der Waals surface area contributed by atoms with Crippen LogP contribution >= 0.6 is 11.8 Å². The molecule has 3 rings (SSSR count). The van der Waals surface area contributed by atoms with Crippen LogP contribution in [0.3, 0.4) is 0 Å². The maximum atomic E-state index is 5.90. The van der Waals surface area contributed by atoms with Crippen molar-refractivity contribution >= 4 is 17.4 Å². The van der Waals surface area contributed by atoms with Gasteiger partial charge in [-0.1, -0.05) is 6.42 Å². The number of hydrogen-bond acceptors (Lipinski definition) is 3. The summed E-state index contributed by atoms with van der Waals surface area (Å²) in [5, 5.41) is 0. The molecule has 2 heterocycles. The van der Waals surface area contributed by atoms with Gasteiger partial charge < -0.3 is 10.6 Å². The van der Waals surface area contributed by atoms with Gasteiger partial charge in [-0.15, -0.1) is 11.8 Å². The van der Waals surface area contributed by atoms with E-state index in [1.54, 1.807) is 0 Å². The number of benzene rings is 1. The minimum atomic E-state index is 0.691. The molecule has 1 atom stereocenters. The van der Waals surface area contributed by atoms with Gasteiger partial charge in [0, 0.05) is 28.8 Å². The van der Waals surface area contributed by atoms with E-state index in [4.69, 9.17) is 5.73 Å². The van der Waals surface area contributed by atoms with Crippen LogP contribution in [0.2, 0.25) is 0 Å². The first-order valence-electron chi connectivity index (χ1n) is 6.57. The van der Waals surface area contributed by atoms with Gasteiger partial charge in [0.05, 0.1) is 0 Å². The number of nitrogens with two attached hydrogens (primary N) is 1. The van der Waals surface area contributed by atoms with Crippen LogP contribution < -0.4 is 5.73 Å². The average Bonchev–Trinajstić information content (AvgIpc) is 2.73. The minimum Gasteiger partial charge on any atom is -0.399 e. The topological polar surface area (TPSA) is 29.3 Å². The molecule has 0 radical (unpaired) electrons. The summed E-state index contributed by atoms with van der Waals surface area (Å²) >= 11 is 1.99. The van der Waals surface area contributed by atoms with E-state index >= 15 is 0 Å². The predicted octanol–water partition coefficient (Wildman–Crippen LogP) is 2.94. The summed E-state index contributed by atoms with van der Waals surface area (Å²) in [6.45, 7) is 3.81. The Labute approximate surface area is 108 Å². The molecule has 0 aromatic heterocycles. The second kappa shape index (κ2) is 4.91. The Morgan fingerprint density at radius 3 is 2.88 bits per heavy atom. The van der Waals surface area contributed by atoms with Gasteiger partial charge in [0.15, 0.2) is 0 Å². The zero-order valence-corrected chi connectivity index (χ0v) is 11.0. The molecule has 1 unspecified atom stereocenters. The molecule has 1 aromatic carbocycles. The molecule has 3 heteroatoms. The number of piperidine rings is 1. The Hall–Kier alpha value is -0.670. The lowest BCUT2D eigenvalue weighted by Gasteiger charge is -2.29. The number of nitrogen functional groups attached to an aromatic ring is 1. The van der Waals surface area contributed by atoms with Gasteiger partial charge in [0.25, 0.3) is 0 Å². The van der Waals surface area contributed by atoms with Crippen molar-refractivity contribution in [3.63, 3.8) is 0 Å². The largest absolute Gasteiger partial charge is 0.399 e. The van der Waals surface area contributed by atoms with E-state index in [9.17, 15) is 0 Å². The average molecular weight is 248 g/mol. The number of fused-ring (bicyclic) bond motifs is 1. The summed E-state index contributed by atoms with van der Waals surface area (Å²) < 4.78 is 0. The van der Waals surface area contributed by atoms with Gasteiger partial charge >= 0.3 is 0 Å². The number of rotatable bonds is 2. The van der Waals surface area contributed by atoms with Crippen LogP contribution in [0.1, 0.15) is 30.7 Å². The molecule has 17 heavy (non-hydrogen) atoms. The van der Waals surface area contributed by atoms with Crippen LogP contribution in [0, 0.1) is 0 Å². The first-order valence-corrected chi connectivity index (χ1v) is 7.56. The van der Waals surface area contributed by atoms with Gasteiger partial charge in [-0.25, -0.2) is 0 Å². The third-order valence-corrected chi connectivity index (χ3v) is 5.09. The van der Waals surface area contributed by atoms with Gasteiger partial charge in [-0.3, -0.25) is 0 Å². The Kier molecular flexibility index (Phi) is 3.30. The lowest BCUT2D eigenvalue weighted by Crippen LogP contribution is -2.33. The highest BCUT2D eigenvalue weighted by Gasteiger charge is 2.25. The van der Waals surface area contributed by atoms with Crippen molar-refractivity contribution in [1.29, 1.82) is 0 Å². The van der Waals surface area contributed by atoms with Crippen LogP contribution in [-0.2, 0) is 0 Å². The normalized spacial score (nSPS) is 24.8. The molecule has 2 N–H and O–H groups in total. The van der Waals surface area contributed by atoms with E-state index in [-0.39, 0.29) is 0 Å².